The van der Waals surface area contributed by atoms with Crippen molar-refractivity contribution < 1.29 is 19.1 Å². The summed E-state index contributed by atoms with van der Waals surface area (Å²) in [4.78, 5) is 24.0. The molecule has 0 bridgehead atoms. The summed E-state index contributed by atoms with van der Waals surface area (Å²) in [5, 5.41) is 2.75. The van der Waals surface area contributed by atoms with Gasteiger partial charge in [-0.25, -0.2) is 4.79 Å². The second-order valence-corrected chi connectivity index (χ2v) is 4.82. The van der Waals surface area contributed by atoms with Crippen LogP contribution < -0.4 is 5.32 Å². The van der Waals surface area contributed by atoms with Crippen molar-refractivity contribution in [3.05, 3.63) is 0 Å². The smallest absolute Gasteiger partial charge is 0.331 e. The number of nitrogens with one attached hydrogen (secondary N) is 1. The lowest BCUT2D eigenvalue weighted by molar-refractivity contribution is -0.155. The lowest BCUT2D eigenvalue weighted by Crippen LogP contribution is -2.58. The summed E-state index contributed by atoms with van der Waals surface area (Å²) in [5.74, 6) is -0.735. The van der Waals surface area contributed by atoms with Gasteiger partial charge in [-0.1, -0.05) is 20.3 Å². The van der Waals surface area contributed by atoms with Gasteiger partial charge < -0.3 is 14.8 Å². The molecular weight excluding hydrogens is 234 g/mol. The minimum Gasteiger partial charge on any atom is -0.467 e. The van der Waals surface area contributed by atoms with Crippen LogP contribution >= 0.6 is 0 Å². The third kappa shape index (κ3) is 3.70. The van der Waals surface area contributed by atoms with Crippen LogP contribution in [-0.4, -0.2) is 37.2 Å². The number of ether oxygens (including phenoxy) is 2. The zero-order valence-corrected chi connectivity index (χ0v) is 12.3. The monoisotopic (exact) mass is 259 g/mol. The normalized spacial score (nSPS) is 17.4. The topological polar surface area (TPSA) is 64.6 Å². The molecule has 18 heavy (non-hydrogen) atoms. The van der Waals surface area contributed by atoms with Gasteiger partial charge >= 0.3 is 5.97 Å². The number of carbonyl (C=O) groups is 2. The van der Waals surface area contributed by atoms with Gasteiger partial charge in [0.1, 0.15) is 11.1 Å². The van der Waals surface area contributed by atoms with Crippen molar-refractivity contribution in [3.63, 3.8) is 0 Å². The number of amides is 1. The third-order valence-electron chi connectivity index (χ3n) is 3.38. The Labute approximate surface area is 109 Å². The van der Waals surface area contributed by atoms with Gasteiger partial charge in [-0.3, -0.25) is 4.79 Å². The summed E-state index contributed by atoms with van der Waals surface area (Å²) in [6, 6.07) is 0. The van der Waals surface area contributed by atoms with Crippen LogP contribution in [0.5, 0.6) is 0 Å². The van der Waals surface area contributed by atoms with Crippen molar-refractivity contribution in [3.8, 4) is 0 Å². The molecule has 5 heteroatoms. The Morgan fingerprint density at radius 3 is 2.06 bits per heavy atom. The minimum absolute atomic E-state index is 0.297. The van der Waals surface area contributed by atoms with Crippen LogP contribution in [0.3, 0.4) is 0 Å². The quantitative estimate of drug-likeness (QED) is 0.706. The van der Waals surface area contributed by atoms with E-state index in [1.165, 1.54) is 14.2 Å². The molecule has 1 N–H and O–H groups in total. The number of rotatable bonds is 7. The van der Waals surface area contributed by atoms with E-state index >= 15 is 0 Å². The number of carbonyl (C=O) groups excluding carboxylic acids is 2. The van der Waals surface area contributed by atoms with E-state index in [0.29, 0.717) is 12.8 Å². The summed E-state index contributed by atoms with van der Waals surface area (Å²) >= 11 is 0. The molecule has 2 unspecified atom stereocenters. The first kappa shape index (κ1) is 16.9. The molecule has 0 aliphatic carbocycles. The number of esters is 1. The van der Waals surface area contributed by atoms with Gasteiger partial charge in [-0.2, -0.15) is 0 Å². The highest BCUT2D eigenvalue weighted by Gasteiger charge is 2.40. The van der Waals surface area contributed by atoms with Crippen molar-refractivity contribution in [2.45, 2.75) is 58.1 Å². The largest absolute Gasteiger partial charge is 0.467 e. The Morgan fingerprint density at radius 1 is 1.17 bits per heavy atom. The molecule has 2 atom stereocenters. The average molecular weight is 259 g/mol. The van der Waals surface area contributed by atoms with Crippen LogP contribution in [0.25, 0.3) is 0 Å². The van der Waals surface area contributed by atoms with Crippen molar-refractivity contribution in [1.82, 2.24) is 5.32 Å². The van der Waals surface area contributed by atoms with Crippen LogP contribution in [0.15, 0.2) is 0 Å². The highest BCUT2D eigenvalue weighted by molar-refractivity contribution is 5.91. The van der Waals surface area contributed by atoms with Gasteiger partial charge in [0.2, 0.25) is 0 Å². The molecule has 0 spiro atoms. The van der Waals surface area contributed by atoms with E-state index in [-0.39, 0.29) is 5.91 Å². The first-order valence-corrected chi connectivity index (χ1v) is 6.25. The molecule has 1 amide bonds. The van der Waals surface area contributed by atoms with Crippen molar-refractivity contribution in [2.75, 3.05) is 14.2 Å². The second-order valence-electron chi connectivity index (χ2n) is 4.82. The standard InChI is InChI=1S/C13H25NO4/c1-7-9-12(3,11(16)17-5)14-10(15)13(4,8-2)18-6/h7-9H2,1-6H3,(H,14,15). The van der Waals surface area contributed by atoms with E-state index in [0.717, 1.165) is 6.42 Å². The molecule has 0 fully saturated rings. The zero-order chi connectivity index (χ0) is 14.4. The lowest BCUT2D eigenvalue weighted by atomic mass is 9.93. The van der Waals surface area contributed by atoms with E-state index in [9.17, 15) is 9.59 Å². The van der Waals surface area contributed by atoms with Gasteiger partial charge in [0, 0.05) is 7.11 Å². The first-order valence-electron chi connectivity index (χ1n) is 6.25. The average Bonchev–Trinajstić information content (AvgIpc) is 2.36. The Bertz CT molecular complexity index is 299. The van der Waals surface area contributed by atoms with Crippen LogP contribution in [-0.2, 0) is 19.1 Å². The summed E-state index contributed by atoms with van der Waals surface area (Å²) in [5.41, 5.74) is -1.93. The molecule has 0 rings (SSSR count). The fourth-order valence-corrected chi connectivity index (χ4v) is 1.72. The molecule has 0 aliphatic heterocycles. The summed E-state index contributed by atoms with van der Waals surface area (Å²) in [7, 11) is 2.80. The van der Waals surface area contributed by atoms with Crippen LogP contribution in [0.4, 0.5) is 0 Å². The van der Waals surface area contributed by atoms with E-state index in [1.807, 2.05) is 13.8 Å². The van der Waals surface area contributed by atoms with Gasteiger partial charge in [-0.15, -0.1) is 0 Å². The zero-order valence-electron chi connectivity index (χ0n) is 12.3. The SMILES string of the molecule is CCCC(C)(NC(=O)C(C)(CC)OC)C(=O)OC. The van der Waals surface area contributed by atoms with E-state index in [1.54, 1.807) is 13.8 Å². The number of methoxy groups -OCH3 is 2. The fraction of sp³-hybridized carbons (Fsp3) is 0.846. The Hall–Kier alpha value is -1.10. The maximum atomic E-state index is 12.2. The van der Waals surface area contributed by atoms with E-state index < -0.39 is 17.1 Å². The molecule has 0 aromatic heterocycles. The van der Waals surface area contributed by atoms with Crippen molar-refractivity contribution >= 4 is 11.9 Å². The summed E-state index contributed by atoms with van der Waals surface area (Å²) < 4.78 is 9.98. The van der Waals surface area contributed by atoms with E-state index in [2.05, 4.69) is 5.32 Å². The molecule has 0 aliphatic rings. The van der Waals surface area contributed by atoms with E-state index in [4.69, 9.17) is 9.47 Å². The van der Waals surface area contributed by atoms with Gasteiger partial charge in [-0.05, 0) is 26.7 Å². The molecule has 0 radical (unpaired) electrons. The van der Waals surface area contributed by atoms with Crippen LogP contribution in [0.2, 0.25) is 0 Å². The molecule has 5 nitrogen and oxygen atoms in total. The Balaban J connectivity index is 5.00. The summed E-state index contributed by atoms with van der Waals surface area (Å²) in [6.45, 7) is 7.18. The van der Waals surface area contributed by atoms with Gasteiger partial charge in [0.15, 0.2) is 0 Å². The van der Waals surface area contributed by atoms with Gasteiger partial charge in [0.25, 0.3) is 5.91 Å². The molecule has 106 valence electrons. The van der Waals surface area contributed by atoms with Crippen molar-refractivity contribution in [2.24, 2.45) is 0 Å². The lowest BCUT2D eigenvalue weighted by Gasteiger charge is -2.33. The Morgan fingerprint density at radius 2 is 1.72 bits per heavy atom. The molecule has 0 saturated heterocycles. The predicted molar refractivity (Wildman–Crippen MR) is 69.2 cm³/mol. The third-order valence-corrected chi connectivity index (χ3v) is 3.38. The first-order chi connectivity index (χ1) is 8.29. The molecule has 0 aromatic rings. The maximum Gasteiger partial charge on any atom is 0.331 e. The second kappa shape index (κ2) is 6.73. The number of hydrogen-bond donors (Lipinski definition) is 1. The van der Waals surface area contributed by atoms with Crippen molar-refractivity contribution in [1.29, 1.82) is 0 Å². The highest BCUT2D eigenvalue weighted by atomic mass is 16.5. The fourth-order valence-electron chi connectivity index (χ4n) is 1.72. The minimum atomic E-state index is -1.00. The maximum absolute atomic E-state index is 12.2. The molecule has 0 saturated carbocycles. The van der Waals surface area contributed by atoms with Crippen LogP contribution in [0.1, 0.15) is 47.0 Å². The van der Waals surface area contributed by atoms with Gasteiger partial charge in [0.05, 0.1) is 7.11 Å². The predicted octanol–water partition coefficient (Wildman–Crippen LogP) is 1.65. The highest BCUT2D eigenvalue weighted by Crippen LogP contribution is 2.19. The number of hydrogen-bond acceptors (Lipinski definition) is 4. The van der Waals surface area contributed by atoms with Crippen LogP contribution in [0, 0.1) is 0 Å². The molecule has 0 heterocycles. The molecule has 0 aromatic carbocycles. The summed E-state index contributed by atoms with van der Waals surface area (Å²) in [6.07, 6.45) is 1.81. The molecular formula is C13H25NO4. The Kier molecular flexibility index (Phi) is 6.32.